The first-order chi connectivity index (χ1) is 10.2. The van der Waals surface area contributed by atoms with Gasteiger partial charge < -0.3 is 0 Å². The van der Waals surface area contributed by atoms with Crippen molar-refractivity contribution < 1.29 is 0 Å². The van der Waals surface area contributed by atoms with Crippen LogP contribution in [0.3, 0.4) is 0 Å². The fraction of sp³-hybridized carbons (Fsp3) is 0.444. The highest BCUT2D eigenvalue weighted by atomic mass is 35.5. The number of fused-ring (bicyclic) bond motifs is 1. The molecule has 0 saturated heterocycles. The molecule has 21 heavy (non-hydrogen) atoms. The van der Waals surface area contributed by atoms with Crippen molar-refractivity contribution in [2.75, 3.05) is 0 Å². The molecule has 0 amide bonds. The lowest BCUT2D eigenvalue weighted by molar-refractivity contribution is 0.447. The molecule has 1 aromatic heterocycles. The van der Waals surface area contributed by atoms with Crippen molar-refractivity contribution in [2.45, 2.75) is 51.4 Å². The normalized spacial score (nSPS) is 14.2. The standard InChI is InChI=1S/C18H21ClN2/c1-3-18(4-2,13-9-6-5-7-10-13)17-20-15-12-8-11-14(15)16(19)21-17/h5-7,9-10H,3-4,8,11-12H2,1-2H3. The van der Waals surface area contributed by atoms with Crippen LogP contribution in [0.5, 0.6) is 0 Å². The molecule has 0 radical (unpaired) electrons. The van der Waals surface area contributed by atoms with Crippen molar-refractivity contribution in [3.63, 3.8) is 0 Å². The van der Waals surface area contributed by atoms with E-state index in [-0.39, 0.29) is 5.41 Å². The second-order valence-corrected chi connectivity index (χ2v) is 6.13. The lowest BCUT2D eigenvalue weighted by Crippen LogP contribution is -2.29. The quantitative estimate of drug-likeness (QED) is 0.763. The van der Waals surface area contributed by atoms with E-state index in [0.717, 1.165) is 49.2 Å². The van der Waals surface area contributed by atoms with Gasteiger partial charge in [-0.05, 0) is 37.7 Å². The zero-order valence-electron chi connectivity index (χ0n) is 12.7. The van der Waals surface area contributed by atoms with Crippen molar-refractivity contribution >= 4 is 11.6 Å². The molecule has 0 unspecified atom stereocenters. The first kappa shape index (κ1) is 14.5. The summed E-state index contributed by atoms with van der Waals surface area (Å²) in [7, 11) is 0. The topological polar surface area (TPSA) is 25.8 Å². The molecule has 0 saturated carbocycles. The van der Waals surface area contributed by atoms with Crippen LogP contribution in [0.25, 0.3) is 0 Å². The molecule has 0 N–H and O–H groups in total. The van der Waals surface area contributed by atoms with E-state index in [1.807, 2.05) is 0 Å². The van der Waals surface area contributed by atoms with Gasteiger partial charge in [0.15, 0.2) is 0 Å². The molecule has 0 aliphatic heterocycles. The van der Waals surface area contributed by atoms with Crippen molar-refractivity contribution in [1.82, 2.24) is 9.97 Å². The van der Waals surface area contributed by atoms with Crippen molar-refractivity contribution in [1.29, 1.82) is 0 Å². The smallest absolute Gasteiger partial charge is 0.140 e. The summed E-state index contributed by atoms with van der Waals surface area (Å²) in [4.78, 5) is 9.60. The minimum Gasteiger partial charge on any atom is -0.237 e. The summed E-state index contributed by atoms with van der Waals surface area (Å²) in [5.74, 6) is 0.893. The average molecular weight is 301 g/mol. The molecule has 3 heteroatoms. The number of hydrogen-bond acceptors (Lipinski definition) is 2. The molecular weight excluding hydrogens is 280 g/mol. The summed E-state index contributed by atoms with van der Waals surface area (Å²) in [6.07, 6.45) is 5.14. The van der Waals surface area contributed by atoms with Gasteiger partial charge in [-0.25, -0.2) is 9.97 Å². The molecule has 1 aliphatic rings. The van der Waals surface area contributed by atoms with Gasteiger partial charge in [0.2, 0.25) is 0 Å². The van der Waals surface area contributed by atoms with Crippen molar-refractivity contribution in [3.8, 4) is 0 Å². The van der Waals surface area contributed by atoms with Crippen LogP contribution in [0.15, 0.2) is 30.3 Å². The Morgan fingerprint density at radius 3 is 2.43 bits per heavy atom. The molecular formula is C18H21ClN2. The second-order valence-electron chi connectivity index (χ2n) is 5.77. The first-order valence-corrected chi connectivity index (χ1v) is 8.20. The molecule has 110 valence electrons. The van der Waals surface area contributed by atoms with E-state index >= 15 is 0 Å². The van der Waals surface area contributed by atoms with E-state index in [1.54, 1.807) is 0 Å². The van der Waals surface area contributed by atoms with Gasteiger partial charge >= 0.3 is 0 Å². The molecule has 1 aromatic carbocycles. The number of nitrogens with zero attached hydrogens (tertiary/aromatic N) is 2. The SMILES string of the molecule is CCC(CC)(c1ccccc1)c1nc(Cl)c2c(n1)CCC2. The molecule has 1 heterocycles. The van der Waals surface area contributed by atoms with Crippen molar-refractivity contribution in [2.24, 2.45) is 0 Å². The van der Waals surface area contributed by atoms with E-state index in [0.29, 0.717) is 5.15 Å². The molecule has 3 rings (SSSR count). The maximum Gasteiger partial charge on any atom is 0.140 e. The number of halogens is 1. The Labute approximate surface area is 131 Å². The molecule has 2 aromatic rings. The number of hydrogen-bond donors (Lipinski definition) is 0. The molecule has 0 fully saturated rings. The predicted octanol–water partition coefficient (Wildman–Crippen LogP) is 4.72. The summed E-state index contributed by atoms with van der Waals surface area (Å²) in [6, 6.07) is 10.6. The van der Waals surface area contributed by atoms with E-state index in [4.69, 9.17) is 16.6 Å². The van der Waals surface area contributed by atoms with Gasteiger partial charge in [-0.2, -0.15) is 0 Å². The number of aryl methyl sites for hydroxylation is 1. The minimum absolute atomic E-state index is 0.136. The van der Waals surface area contributed by atoms with Gasteiger partial charge in [-0.3, -0.25) is 0 Å². The third-order valence-corrected chi connectivity index (χ3v) is 5.16. The largest absolute Gasteiger partial charge is 0.237 e. The highest BCUT2D eigenvalue weighted by molar-refractivity contribution is 6.30. The zero-order valence-corrected chi connectivity index (χ0v) is 13.5. The van der Waals surface area contributed by atoms with Gasteiger partial charge in [0.05, 0.1) is 5.41 Å². The summed E-state index contributed by atoms with van der Waals surface area (Å²) in [5.41, 5.74) is 3.47. The third-order valence-electron chi connectivity index (χ3n) is 4.84. The Hall–Kier alpha value is -1.41. The summed E-state index contributed by atoms with van der Waals surface area (Å²) in [5, 5.41) is 0.662. The zero-order chi connectivity index (χ0) is 14.9. The van der Waals surface area contributed by atoms with Gasteiger partial charge in [0.25, 0.3) is 0 Å². The van der Waals surface area contributed by atoms with Crippen LogP contribution in [-0.2, 0) is 18.3 Å². The van der Waals surface area contributed by atoms with Gasteiger partial charge in [-0.1, -0.05) is 55.8 Å². The molecule has 0 atom stereocenters. The predicted molar refractivity (Wildman–Crippen MR) is 86.9 cm³/mol. The highest BCUT2D eigenvalue weighted by Crippen LogP contribution is 2.38. The fourth-order valence-corrected chi connectivity index (χ4v) is 3.75. The van der Waals surface area contributed by atoms with Crippen LogP contribution in [-0.4, -0.2) is 9.97 Å². The lowest BCUT2D eigenvalue weighted by atomic mass is 9.75. The lowest BCUT2D eigenvalue weighted by Gasteiger charge is -2.31. The Kier molecular flexibility index (Phi) is 3.99. The Balaban J connectivity index is 2.17. The van der Waals surface area contributed by atoms with E-state index in [2.05, 4.69) is 49.2 Å². The number of benzene rings is 1. The van der Waals surface area contributed by atoms with E-state index < -0.39 is 0 Å². The Bertz CT molecular complexity index is 633. The first-order valence-electron chi connectivity index (χ1n) is 7.82. The van der Waals surface area contributed by atoms with Gasteiger partial charge in [-0.15, -0.1) is 0 Å². The van der Waals surface area contributed by atoms with Crippen LogP contribution < -0.4 is 0 Å². The number of aromatic nitrogens is 2. The third kappa shape index (κ3) is 2.36. The minimum atomic E-state index is -0.136. The van der Waals surface area contributed by atoms with E-state index in [1.165, 1.54) is 5.56 Å². The highest BCUT2D eigenvalue weighted by Gasteiger charge is 2.35. The van der Waals surface area contributed by atoms with Crippen LogP contribution in [0.2, 0.25) is 5.15 Å². The van der Waals surface area contributed by atoms with Crippen LogP contribution in [0, 0.1) is 0 Å². The molecule has 2 nitrogen and oxygen atoms in total. The van der Waals surface area contributed by atoms with Crippen LogP contribution >= 0.6 is 11.6 Å². The molecule has 0 bridgehead atoms. The maximum atomic E-state index is 6.43. The van der Waals surface area contributed by atoms with E-state index in [9.17, 15) is 0 Å². The second kappa shape index (κ2) is 5.76. The molecule has 0 spiro atoms. The van der Waals surface area contributed by atoms with Crippen molar-refractivity contribution in [3.05, 3.63) is 58.1 Å². The number of rotatable bonds is 4. The maximum absolute atomic E-state index is 6.43. The molecule has 1 aliphatic carbocycles. The average Bonchev–Trinajstić information content (AvgIpc) is 2.99. The van der Waals surface area contributed by atoms with Crippen LogP contribution in [0.4, 0.5) is 0 Å². The van der Waals surface area contributed by atoms with Gasteiger partial charge in [0, 0.05) is 11.3 Å². The Morgan fingerprint density at radius 1 is 1.05 bits per heavy atom. The van der Waals surface area contributed by atoms with Crippen LogP contribution in [0.1, 0.15) is 55.8 Å². The fourth-order valence-electron chi connectivity index (χ4n) is 3.46. The summed E-state index contributed by atoms with van der Waals surface area (Å²) in [6.45, 7) is 4.42. The van der Waals surface area contributed by atoms with Gasteiger partial charge in [0.1, 0.15) is 11.0 Å². The summed E-state index contributed by atoms with van der Waals surface area (Å²) < 4.78 is 0. The monoisotopic (exact) mass is 300 g/mol. The summed E-state index contributed by atoms with van der Waals surface area (Å²) >= 11 is 6.43. The Morgan fingerprint density at radius 2 is 1.76 bits per heavy atom.